The van der Waals surface area contributed by atoms with Crippen LogP contribution in [-0.2, 0) is 4.74 Å². The molecule has 0 fully saturated rings. The number of hydrogen-bond donors (Lipinski definition) is 0. The van der Waals surface area contributed by atoms with Crippen molar-refractivity contribution in [3.8, 4) is 0 Å². The van der Waals surface area contributed by atoms with Gasteiger partial charge in [0.2, 0.25) is 0 Å². The summed E-state index contributed by atoms with van der Waals surface area (Å²) in [5, 5.41) is 0. The van der Waals surface area contributed by atoms with Gasteiger partial charge in [-0.15, -0.1) is 0 Å². The van der Waals surface area contributed by atoms with Gasteiger partial charge in [0.25, 0.3) is 0 Å². The number of allylic oxidation sites excluding steroid dienone is 3. The van der Waals surface area contributed by atoms with E-state index in [-0.39, 0.29) is 0 Å². The second kappa shape index (κ2) is 6.01. The minimum absolute atomic E-state index is 0.764. The molecule has 0 heterocycles. The molecule has 1 aliphatic carbocycles. The molecule has 0 amide bonds. The fraction of sp³-hybridized carbons (Fsp3) is 0.636. The van der Waals surface area contributed by atoms with Gasteiger partial charge in [-0.2, -0.15) is 0 Å². The molecule has 0 N–H and O–H groups in total. The van der Waals surface area contributed by atoms with E-state index in [0.717, 1.165) is 19.1 Å². The van der Waals surface area contributed by atoms with Crippen LogP contribution < -0.4 is 0 Å². The number of rotatable bonds is 4. The Morgan fingerprint density at radius 3 is 3.08 bits per heavy atom. The zero-order valence-corrected chi connectivity index (χ0v) is 7.83. The molecule has 1 rings (SSSR count). The zero-order chi connectivity index (χ0) is 8.65. The third-order valence-corrected chi connectivity index (χ3v) is 2.18. The molecule has 1 heteroatoms. The first-order valence-corrected chi connectivity index (χ1v) is 4.77. The van der Waals surface area contributed by atoms with Gasteiger partial charge in [-0.05, 0) is 32.1 Å². The van der Waals surface area contributed by atoms with Crippen molar-refractivity contribution in [2.75, 3.05) is 13.2 Å². The molecular weight excluding hydrogens is 148 g/mol. The van der Waals surface area contributed by atoms with Crippen LogP contribution in [0.3, 0.4) is 0 Å². The van der Waals surface area contributed by atoms with Crippen molar-refractivity contribution in [3.63, 3.8) is 0 Å². The fourth-order valence-electron chi connectivity index (χ4n) is 1.41. The smallest absolute Gasteiger partial charge is 0.0647 e. The summed E-state index contributed by atoms with van der Waals surface area (Å²) >= 11 is 0. The monoisotopic (exact) mass is 166 g/mol. The van der Waals surface area contributed by atoms with E-state index < -0.39 is 0 Å². The van der Waals surface area contributed by atoms with Crippen molar-refractivity contribution in [2.24, 2.45) is 5.92 Å². The summed E-state index contributed by atoms with van der Waals surface area (Å²) in [7, 11) is 0. The lowest BCUT2D eigenvalue weighted by Gasteiger charge is -2.16. The highest BCUT2D eigenvalue weighted by Crippen LogP contribution is 2.17. The van der Waals surface area contributed by atoms with Crippen LogP contribution in [0.15, 0.2) is 24.3 Å². The Morgan fingerprint density at radius 2 is 2.42 bits per heavy atom. The molecule has 0 saturated carbocycles. The maximum absolute atomic E-state index is 5.49. The van der Waals surface area contributed by atoms with E-state index in [2.05, 4.69) is 18.2 Å². The van der Waals surface area contributed by atoms with E-state index in [4.69, 9.17) is 4.74 Å². The van der Waals surface area contributed by atoms with Gasteiger partial charge >= 0.3 is 0 Å². The van der Waals surface area contributed by atoms with E-state index in [1.807, 2.05) is 13.0 Å². The lowest BCUT2D eigenvalue weighted by Crippen LogP contribution is -2.10. The standard InChI is InChI=1S/C11H18O/c1-2-3-9-12-10-11-7-5-4-6-8-11/h2-5,11H,6-10H2,1H3. The second-order valence-corrected chi connectivity index (χ2v) is 3.26. The molecule has 1 atom stereocenters. The lowest BCUT2D eigenvalue weighted by molar-refractivity contribution is 0.118. The normalized spacial score (nSPS) is 23.6. The predicted molar refractivity (Wildman–Crippen MR) is 52.1 cm³/mol. The summed E-state index contributed by atoms with van der Waals surface area (Å²) in [6, 6.07) is 0. The van der Waals surface area contributed by atoms with Gasteiger partial charge in [0, 0.05) is 0 Å². The summed E-state index contributed by atoms with van der Waals surface area (Å²) in [6.07, 6.45) is 12.4. The van der Waals surface area contributed by atoms with Gasteiger partial charge < -0.3 is 4.74 Å². The highest BCUT2D eigenvalue weighted by molar-refractivity contribution is 4.90. The minimum atomic E-state index is 0.764. The topological polar surface area (TPSA) is 9.23 Å². The van der Waals surface area contributed by atoms with Crippen molar-refractivity contribution in [2.45, 2.75) is 26.2 Å². The maximum atomic E-state index is 5.49. The van der Waals surface area contributed by atoms with Crippen LogP contribution >= 0.6 is 0 Å². The summed E-state index contributed by atoms with van der Waals surface area (Å²) in [5.74, 6) is 0.764. The molecule has 0 aromatic heterocycles. The van der Waals surface area contributed by atoms with Crippen LogP contribution in [-0.4, -0.2) is 13.2 Å². The van der Waals surface area contributed by atoms with E-state index in [1.54, 1.807) is 0 Å². The average Bonchev–Trinajstić information content (AvgIpc) is 2.14. The van der Waals surface area contributed by atoms with E-state index in [0.29, 0.717) is 0 Å². The summed E-state index contributed by atoms with van der Waals surface area (Å²) < 4.78 is 5.49. The highest BCUT2D eigenvalue weighted by Gasteiger charge is 2.08. The van der Waals surface area contributed by atoms with Crippen molar-refractivity contribution < 1.29 is 4.74 Å². The van der Waals surface area contributed by atoms with Crippen molar-refractivity contribution in [1.82, 2.24) is 0 Å². The van der Waals surface area contributed by atoms with Crippen molar-refractivity contribution in [1.29, 1.82) is 0 Å². The molecule has 0 spiro atoms. The van der Waals surface area contributed by atoms with Crippen molar-refractivity contribution in [3.05, 3.63) is 24.3 Å². The third-order valence-electron chi connectivity index (χ3n) is 2.18. The second-order valence-electron chi connectivity index (χ2n) is 3.26. The molecule has 0 radical (unpaired) electrons. The summed E-state index contributed by atoms with van der Waals surface area (Å²) in [5.41, 5.74) is 0. The van der Waals surface area contributed by atoms with Crippen LogP contribution in [0.4, 0.5) is 0 Å². The molecular formula is C11H18O. The van der Waals surface area contributed by atoms with Crippen molar-refractivity contribution >= 4 is 0 Å². The van der Waals surface area contributed by atoms with Crippen LogP contribution in [0.25, 0.3) is 0 Å². The fourth-order valence-corrected chi connectivity index (χ4v) is 1.41. The van der Waals surface area contributed by atoms with Gasteiger partial charge in [0.15, 0.2) is 0 Å². The van der Waals surface area contributed by atoms with Gasteiger partial charge in [-0.25, -0.2) is 0 Å². The Labute approximate surface area is 75.1 Å². The quantitative estimate of drug-likeness (QED) is 0.461. The zero-order valence-electron chi connectivity index (χ0n) is 7.83. The molecule has 0 bridgehead atoms. The number of hydrogen-bond acceptors (Lipinski definition) is 1. The van der Waals surface area contributed by atoms with Gasteiger partial charge in [-0.3, -0.25) is 0 Å². The van der Waals surface area contributed by atoms with Gasteiger partial charge in [0.05, 0.1) is 13.2 Å². The molecule has 0 aromatic carbocycles. The Hall–Kier alpha value is -0.560. The highest BCUT2D eigenvalue weighted by atomic mass is 16.5. The summed E-state index contributed by atoms with van der Waals surface area (Å²) in [6.45, 7) is 3.72. The number of ether oxygens (including phenoxy) is 1. The Bertz CT molecular complexity index is 158. The largest absolute Gasteiger partial charge is 0.377 e. The SMILES string of the molecule is CC=CCOCC1CC=CCC1. The third kappa shape index (κ3) is 3.72. The molecule has 1 nitrogen and oxygen atoms in total. The first kappa shape index (κ1) is 9.53. The molecule has 0 aliphatic heterocycles. The van der Waals surface area contributed by atoms with E-state index in [1.165, 1.54) is 19.3 Å². The molecule has 68 valence electrons. The predicted octanol–water partition coefficient (Wildman–Crippen LogP) is 2.94. The first-order valence-electron chi connectivity index (χ1n) is 4.77. The van der Waals surface area contributed by atoms with E-state index in [9.17, 15) is 0 Å². The van der Waals surface area contributed by atoms with Crippen LogP contribution in [0.5, 0.6) is 0 Å². The Morgan fingerprint density at radius 1 is 1.50 bits per heavy atom. The average molecular weight is 166 g/mol. The first-order chi connectivity index (χ1) is 5.93. The van der Waals surface area contributed by atoms with E-state index >= 15 is 0 Å². The van der Waals surface area contributed by atoms with Crippen LogP contribution in [0.1, 0.15) is 26.2 Å². The molecule has 0 aromatic rings. The maximum Gasteiger partial charge on any atom is 0.0647 e. The molecule has 1 aliphatic rings. The molecule has 0 saturated heterocycles. The Kier molecular flexibility index (Phi) is 4.77. The summed E-state index contributed by atoms with van der Waals surface area (Å²) in [4.78, 5) is 0. The van der Waals surface area contributed by atoms with Crippen LogP contribution in [0, 0.1) is 5.92 Å². The van der Waals surface area contributed by atoms with Gasteiger partial charge in [-0.1, -0.05) is 24.3 Å². The minimum Gasteiger partial charge on any atom is -0.377 e. The Balaban J connectivity index is 2.02. The van der Waals surface area contributed by atoms with Gasteiger partial charge in [0.1, 0.15) is 0 Å². The molecule has 12 heavy (non-hydrogen) atoms. The van der Waals surface area contributed by atoms with Crippen LogP contribution in [0.2, 0.25) is 0 Å². The lowest BCUT2D eigenvalue weighted by atomic mass is 9.95. The molecule has 1 unspecified atom stereocenters.